The Morgan fingerprint density at radius 3 is 2.20 bits per heavy atom. The molecule has 3 rings (SSSR count). The van der Waals surface area contributed by atoms with Crippen LogP contribution in [0.1, 0.15) is 37.3 Å². The lowest BCUT2D eigenvalue weighted by atomic mass is 9.98. The average molecular weight is 485 g/mol. The molecule has 2 atom stereocenters. The molecule has 0 saturated heterocycles. The molecule has 2 aromatic carbocycles. The molecule has 0 aromatic heterocycles. The fourth-order valence-corrected chi connectivity index (χ4v) is 4.33. The van der Waals surface area contributed by atoms with E-state index >= 15 is 0 Å². The van der Waals surface area contributed by atoms with E-state index in [2.05, 4.69) is 10.6 Å². The number of carbonyl (C=O) groups excluding carboxylic acids is 2. The molecule has 1 aliphatic rings. The summed E-state index contributed by atoms with van der Waals surface area (Å²) >= 11 is 0. The van der Waals surface area contributed by atoms with E-state index in [0.29, 0.717) is 6.61 Å². The maximum Gasteiger partial charge on any atom is 0.408 e. The highest BCUT2D eigenvalue weighted by Crippen LogP contribution is 2.44. The summed E-state index contributed by atoms with van der Waals surface area (Å²) < 4.78 is 16.1. The van der Waals surface area contributed by atoms with Crippen molar-refractivity contribution >= 4 is 18.0 Å². The maximum absolute atomic E-state index is 12.9. The van der Waals surface area contributed by atoms with Gasteiger partial charge in [-0.15, -0.1) is 0 Å². The second-order valence-electron chi connectivity index (χ2n) is 8.60. The third-order valence-corrected chi connectivity index (χ3v) is 5.95. The number of ether oxygens (including phenoxy) is 3. The van der Waals surface area contributed by atoms with Gasteiger partial charge in [-0.3, -0.25) is 9.59 Å². The summed E-state index contributed by atoms with van der Waals surface area (Å²) in [6.45, 7) is 3.53. The topological polar surface area (TPSA) is 123 Å². The molecular formula is C26H32N2O7. The van der Waals surface area contributed by atoms with Crippen LogP contribution >= 0.6 is 0 Å². The van der Waals surface area contributed by atoms with Gasteiger partial charge in [-0.2, -0.15) is 0 Å². The predicted molar refractivity (Wildman–Crippen MR) is 129 cm³/mol. The van der Waals surface area contributed by atoms with Crippen LogP contribution in [0.25, 0.3) is 11.1 Å². The molecule has 2 unspecified atom stereocenters. The Bertz CT molecular complexity index is 1010. The van der Waals surface area contributed by atoms with E-state index in [1.165, 1.54) is 14.0 Å². The lowest BCUT2D eigenvalue weighted by molar-refractivity contribution is -0.140. The van der Waals surface area contributed by atoms with Gasteiger partial charge in [-0.05, 0) is 36.1 Å². The van der Waals surface area contributed by atoms with Crippen LogP contribution in [0.15, 0.2) is 48.5 Å². The number of methoxy groups -OCH3 is 1. The quantitative estimate of drug-likeness (QED) is 0.423. The van der Waals surface area contributed by atoms with Crippen molar-refractivity contribution in [3.05, 3.63) is 59.7 Å². The first kappa shape index (κ1) is 26.2. The summed E-state index contributed by atoms with van der Waals surface area (Å²) in [5, 5.41) is 14.3. The number of hydrogen-bond donors (Lipinski definition) is 3. The van der Waals surface area contributed by atoms with Gasteiger partial charge in [-0.25, -0.2) is 4.79 Å². The Balaban J connectivity index is 1.63. The van der Waals surface area contributed by atoms with E-state index in [1.807, 2.05) is 48.5 Å². The minimum Gasteiger partial charge on any atom is -0.481 e. The number of carboxylic acids is 1. The highest BCUT2D eigenvalue weighted by Gasteiger charge is 2.37. The zero-order valence-corrected chi connectivity index (χ0v) is 20.2. The smallest absolute Gasteiger partial charge is 0.408 e. The Labute approximate surface area is 204 Å². The van der Waals surface area contributed by atoms with E-state index in [1.54, 1.807) is 6.92 Å². The summed E-state index contributed by atoms with van der Waals surface area (Å²) in [5.41, 5.74) is 2.97. The molecule has 0 bridgehead atoms. The fraction of sp³-hybridized carbons (Fsp3) is 0.423. The zero-order chi connectivity index (χ0) is 25.4. The number of alkyl carbamates (subject to hydrolysis) is 1. The van der Waals surface area contributed by atoms with Crippen molar-refractivity contribution in [3.63, 3.8) is 0 Å². The standard InChI is InChI=1S/C26H32N2O7/c1-4-34-17(13-23(29)30)14-27-24(31)26(2,16-33-3)28-25(32)35-15-22-20-11-7-5-9-18(20)19-10-6-8-12-21(19)22/h5-12,17,22H,4,13-16H2,1-3H3,(H,27,31)(H,28,32)(H,29,30). The number of nitrogens with one attached hydrogen (secondary N) is 2. The van der Waals surface area contributed by atoms with Crippen molar-refractivity contribution < 1.29 is 33.7 Å². The molecule has 9 nitrogen and oxygen atoms in total. The minimum atomic E-state index is -1.43. The second-order valence-corrected chi connectivity index (χ2v) is 8.60. The summed E-state index contributed by atoms with van der Waals surface area (Å²) in [6, 6.07) is 16.0. The van der Waals surface area contributed by atoms with Gasteiger partial charge >= 0.3 is 12.1 Å². The molecule has 0 aliphatic heterocycles. The normalized spacial score (nSPS) is 14.8. The lowest BCUT2D eigenvalue weighted by Gasteiger charge is -2.29. The molecule has 3 N–H and O–H groups in total. The van der Waals surface area contributed by atoms with Gasteiger partial charge < -0.3 is 30.0 Å². The van der Waals surface area contributed by atoms with Crippen molar-refractivity contribution in [2.45, 2.75) is 37.8 Å². The van der Waals surface area contributed by atoms with Gasteiger partial charge in [0.1, 0.15) is 12.1 Å². The van der Waals surface area contributed by atoms with E-state index in [9.17, 15) is 14.4 Å². The van der Waals surface area contributed by atoms with Gasteiger partial charge in [0.25, 0.3) is 0 Å². The van der Waals surface area contributed by atoms with E-state index in [0.717, 1.165) is 22.3 Å². The molecule has 188 valence electrons. The van der Waals surface area contributed by atoms with Crippen LogP contribution in [0.5, 0.6) is 0 Å². The molecule has 9 heteroatoms. The first-order valence-electron chi connectivity index (χ1n) is 11.5. The number of carboxylic acid groups (broad SMARTS) is 1. The molecular weight excluding hydrogens is 452 g/mol. The van der Waals surface area contributed by atoms with Crippen LogP contribution in [-0.4, -0.2) is 68.2 Å². The summed E-state index contributed by atoms with van der Waals surface area (Å²) in [7, 11) is 1.42. The summed E-state index contributed by atoms with van der Waals surface area (Å²) in [5.74, 6) is -1.68. The van der Waals surface area contributed by atoms with E-state index < -0.39 is 29.6 Å². The average Bonchev–Trinajstić information content (AvgIpc) is 3.14. The van der Waals surface area contributed by atoms with Gasteiger partial charge in [0.2, 0.25) is 5.91 Å². The van der Waals surface area contributed by atoms with Crippen molar-refractivity contribution in [3.8, 4) is 11.1 Å². The van der Waals surface area contributed by atoms with Gasteiger partial charge in [0.05, 0.1) is 19.1 Å². The number of amides is 2. The van der Waals surface area contributed by atoms with Crippen LogP contribution in [0.3, 0.4) is 0 Å². The number of benzene rings is 2. The summed E-state index contributed by atoms with van der Waals surface area (Å²) in [6.07, 6.45) is -1.70. The Morgan fingerprint density at radius 2 is 1.66 bits per heavy atom. The van der Waals surface area contributed by atoms with E-state index in [-0.39, 0.29) is 32.1 Å². The fourth-order valence-electron chi connectivity index (χ4n) is 4.33. The van der Waals surface area contributed by atoms with Crippen LogP contribution in [0.2, 0.25) is 0 Å². The van der Waals surface area contributed by atoms with Crippen molar-refractivity contribution in [2.75, 3.05) is 33.5 Å². The van der Waals surface area contributed by atoms with Crippen LogP contribution < -0.4 is 10.6 Å². The highest BCUT2D eigenvalue weighted by atomic mass is 16.5. The number of hydrogen-bond acceptors (Lipinski definition) is 6. The predicted octanol–water partition coefficient (Wildman–Crippen LogP) is 2.93. The third kappa shape index (κ3) is 6.37. The van der Waals surface area contributed by atoms with Gasteiger partial charge in [-0.1, -0.05) is 48.5 Å². The molecule has 35 heavy (non-hydrogen) atoms. The Kier molecular flexibility index (Phi) is 8.84. The molecule has 2 aromatic rings. The first-order chi connectivity index (χ1) is 16.8. The van der Waals surface area contributed by atoms with Crippen LogP contribution in [0, 0.1) is 0 Å². The lowest BCUT2D eigenvalue weighted by Crippen LogP contribution is -2.60. The molecule has 2 amide bonds. The molecule has 0 heterocycles. The zero-order valence-electron chi connectivity index (χ0n) is 20.2. The van der Waals surface area contributed by atoms with Crippen LogP contribution in [0.4, 0.5) is 4.79 Å². The number of fused-ring (bicyclic) bond motifs is 3. The Hall–Kier alpha value is -3.43. The first-order valence-corrected chi connectivity index (χ1v) is 11.5. The summed E-state index contributed by atoms with van der Waals surface area (Å²) in [4.78, 5) is 36.7. The Morgan fingerprint density at radius 1 is 1.06 bits per heavy atom. The maximum atomic E-state index is 12.9. The van der Waals surface area contributed by atoms with Gasteiger partial charge in [0.15, 0.2) is 0 Å². The molecule has 0 spiro atoms. The van der Waals surface area contributed by atoms with Crippen LogP contribution in [-0.2, 0) is 23.8 Å². The second kappa shape index (κ2) is 11.8. The third-order valence-electron chi connectivity index (χ3n) is 5.95. The minimum absolute atomic E-state index is 0.0232. The largest absolute Gasteiger partial charge is 0.481 e. The molecule has 1 aliphatic carbocycles. The molecule has 0 saturated carbocycles. The molecule has 0 fully saturated rings. The van der Waals surface area contributed by atoms with Crippen molar-refractivity contribution in [1.29, 1.82) is 0 Å². The molecule has 0 radical (unpaired) electrons. The SMILES string of the molecule is CCOC(CNC(=O)C(C)(COC)NC(=O)OCC1c2ccccc2-c2ccccc21)CC(=O)O. The number of carbonyl (C=O) groups is 3. The van der Waals surface area contributed by atoms with Crippen molar-refractivity contribution in [2.24, 2.45) is 0 Å². The number of aliphatic carboxylic acids is 1. The van der Waals surface area contributed by atoms with Crippen molar-refractivity contribution in [1.82, 2.24) is 10.6 Å². The monoisotopic (exact) mass is 484 g/mol. The highest BCUT2D eigenvalue weighted by molar-refractivity contribution is 5.90. The van der Waals surface area contributed by atoms with Gasteiger partial charge in [0, 0.05) is 26.2 Å². The van der Waals surface area contributed by atoms with E-state index in [4.69, 9.17) is 19.3 Å². The number of rotatable bonds is 12.